The number of benzene rings is 2. The molecule has 3 rings (SSSR count). The first-order valence-corrected chi connectivity index (χ1v) is 7.28. The van der Waals surface area contributed by atoms with Crippen LogP contribution in [-0.2, 0) is 7.05 Å². The molecule has 0 aliphatic rings. The minimum absolute atomic E-state index is 0.0479. The van der Waals surface area contributed by atoms with Crippen molar-refractivity contribution < 1.29 is 4.79 Å². The molecular weight excluding hydrogens is 272 g/mol. The maximum atomic E-state index is 12.4. The number of aromatic nitrogens is 2. The first kappa shape index (κ1) is 14.3. The zero-order chi connectivity index (χ0) is 15.7. The molecule has 3 heteroatoms. The fourth-order valence-corrected chi connectivity index (χ4v) is 2.74. The number of carbonyl (C=O) groups is 1. The van der Waals surface area contributed by atoms with Crippen LogP contribution in [0.2, 0.25) is 0 Å². The Morgan fingerprint density at radius 3 is 2.05 bits per heavy atom. The summed E-state index contributed by atoms with van der Waals surface area (Å²) in [7, 11) is 1.94. The van der Waals surface area contributed by atoms with Gasteiger partial charge >= 0.3 is 0 Å². The van der Waals surface area contributed by atoms with Gasteiger partial charge in [0.2, 0.25) is 0 Å². The average Bonchev–Trinajstić information content (AvgIpc) is 2.80. The lowest BCUT2D eigenvalue weighted by Crippen LogP contribution is -2.00. The lowest BCUT2D eigenvalue weighted by atomic mass is 9.98. The van der Waals surface area contributed by atoms with E-state index in [9.17, 15) is 4.79 Å². The first-order valence-electron chi connectivity index (χ1n) is 7.28. The molecule has 0 atom stereocenters. The summed E-state index contributed by atoms with van der Waals surface area (Å²) in [5, 5.41) is 4.44. The third kappa shape index (κ3) is 2.46. The Labute approximate surface area is 130 Å². The van der Waals surface area contributed by atoms with Crippen LogP contribution in [0, 0.1) is 13.8 Å². The van der Waals surface area contributed by atoms with Crippen molar-refractivity contribution in [1.29, 1.82) is 0 Å². The highest BCUT2D eigenvalue weighted by molar-refractivity contribution is 6.09. The molecule has 3 nitrogen and oxygen atoms in total. The summed E-state index contributed by atoms with van der Waals surface area (Å²) in [5.41, 5.74) is 5.77. The number of hydrogen-bond acceptors (Lipinski definition) is 2. The topological polar surface area (TPSA) is 34.9 Å². The van der Waals surface area contributed by atoms with Gasteiger partial charge in [0.05, 0.1) is 5.69 Å². The minimum Gasteiger partial charge on any atom is -0.289 e. The molecule has 0 amide bonds. The van der Waals surface area contributed by atoms with Gasteiger partial charge in [0, 0.05) is 29.4 Å². The SMILES string of the molecule is Cc1nn(C)c(C)c1-c1ccc(C(=O)c2ccccc2)cc1. The van der Waals surface area contributed by atoms with E-state index in [1.165, 1.54) is 0 Å². The molecule has 0 saturated heterocycles. The van der Waals surface area contributed by atoms with Crippen LogP contribution in [0.4, 0.5) is 0 Å². The molecule has 2 aromatic carbocycles. The van der Waals surface area contributed by atoms with E-state index >= 15 is 0 Å². The largest absolute Gasteiger partial charge is 0.289 e. The standard InChI is InChI=1S/C19H18N2O/c1-13-18(14(2)21(3)20-13)15-9-11-17(12-10-15)19(22)16-7-5-4-6-8-16/h4-12H,1-3H3. The van der Waals surface area contributed by atoms with E-state index in [4.69, 9.17) is 0 Å². The Hall–Kier alpha value is -2.68. The highest BCUT2D eigenvalue weighted by atomic mass is 16.1. The quantitative estimate of drug-likeness (QED) is 0.685. The van der Waals surface area contributed by atoms with E-state index in [1.54, 1.807) is 0 Å². The Bertz CT molecular complexity index is 815. The maximum Gasteiger partial charge on any atom is 0.193 e. The zero-order valence-electron chi connectivity index (χ0n) is 13.0. The van der Waals surface area contributed by atoms with Gasteiger partial charge in [0.15, 0.2) is 5.78 Å². The summed E-state index contributed by atoms with van der Waals surface area (Å²) in [6.07, 6.45) is 0. The molecule has 0 unspecified atom stereocenters. The van der Waals surface area contributed by atoms with Crippen molar-refractivity contribution in [3.8, 4) is 11.1 Å². The third-order valence-corrected chi connectivity index (χ3v) is 3.98. The predicted molar refractivity (Wildman–Crippen MR) is 88.0 cm³/mol. The van der Waals surface area contributed by atoms with Gasteiger partial charge in [-0.25, -0.2) is 0 Å². The summed E-state index contributed by atoms with van der Waals surface area (Å²) in [6, 6.07) is 17.1. The molecule has 0 aliphatic carbocycles. The van der Waals surface area contributed by atoms with Gasteiger partial charge in [-0.15, -0.1) is 0 Å². The van der Waals surface area contributed by atoms with Crippen molar-refractivity contribution in [2.45, 2.75) is 13.8 Å². The van der Waals surface area contributed by atoms with Gasteiger partial charge in [0.25, 0.3) is 0 Å². The second kappa shape index (κ2) is 5.60. The minimum atomic E-state index is 0.0479. The summed E-state index contributed by atoms with van der Waals surface area (Å²) in [5.74, 6) is 0.0479. The van der Waals surface area contributed by atoms with Crippen LogP contribution in [0.25, 0.3) is 11.1 Å². The Balaban J connectivity index is 1.95. The van der Waals surface area contributed by atoms with Gasteiger partial charge in [-0.05, 0) is 19.4 Å². The molecule has 0 saturated carbocycles. The van der Waals surface area contributed by atoms with Gasteiger partial charge in [0.1, 0.15) is 0 Å². The molecular formula is C19H18N2O. The van der Waals surface area contributed by atoms with E-state index in [-0.39, 0.29) is 5.78 Å². The van der Waals surface area contributed by atoms with Crippen molar-refractivity contribution in [3.63, 3.8) is 0 Å². The van der Waals surface area contributed by atoms with Crippen LogP contribution in [0.5, 0.6) is 0 Å². The molecule has 3 aromatic rings. The number of aryl methyl sites for hydroxylation is 2. The number of ketones is 1. The van der Waals surface area contributed by atoms with Crippen LogP contribution in [-0.4, -0.2) is 15.6 Å². The molecule has 0 aliphatic heterocycles. The molecule has 0 radical (unpaired) electrons. The molecule has 110 valence electrons. The molecule has 22 heavy (non-hydrogen) atoms. The Morgan fingerprint density at radius 1 is 0.909 bits per heavy atom. The van der Waals surface area contributed by atoms with Crippen molar-refractivity contribution >= 4 is 5.78 Å². The van der Waals surface area contributed by atoms with E-state index in [1.807, 2.05) is 73.3 Å². The fraction of sp³-hybridized carbons (Fsp3) is 0.158. The van der Waals surface area contributed by atoms with Crippen LogP contribution >= 0.6 is 0 Å². The van der Waals surface area contributed by atoms with Crippen molar-refractivity contribution in [2.24, 2.45) is 7.05 Å². The highest BCUT2D eigenvalue weighted by Crippen LogP contribution is 2.27. The summed E-state index contributed by atoms with van der Waals surface area (Å²) in [4.78, 5) is 12.4. The van der Waals surface area contributed by atoms with Crippen molar-refractivity contribution in [3.05, 3.63) is 77.1 Å². The van der Waals surface area contributed by atoms with Crippen molar-refractivity contribution in [1.82, 2.24) is 9.78 Å². The van der Waals surface area contributed by atoms with Gasteiger partial charge in [-0.2, -0.15) is 5.10 Å². The normalized spacial score (nSPS) is 10.7. The van der Waals surface area contributed by atoms with Crippen LogP contribution < -0.4 is 0 Å². The van der Waals surface area contributed by atoms with E-state index in [0.29, 0.717) is 11.1 Å². The lowest BCUT2D eigenvalue weighted by Gasteiger charge is -2.05. The molecule has 1 heterocycles. The zero-order valence-corrected chi connectivity index (χ0v) is 13.0. The van der Waals surface area contributed by atoms with Crippen LogP contribution in [0.15, 0.2) is 54.6 Å². The number of hydrogen-bond donors (Lipinski definition) is 0. The highest BCUT2D eigenvalue weighted by Gasteiger charge is 2.13. The Kier molecular flexibility index (Phi) is 3.63. The lowest BCUT2D eigenvalue weighted by molar-refractivity contribution is 0.103. The number of rotatable bonds is 3. The van der Waals surface area contributed by atoms with Gasteiger partial charge < -0.3 is 0 Å². The van der Waals surface area contributed by atoms with E-state index < -0.39 is 0 Å². The van der Waals surface area contributed by atoms with Crippen LogP contribution in [0.3, 0.4) is 0 Å². The van der Waals surface area contributed by atoms with Gasteiger partial charge in [-0.1, -0.05) is 54.6 Å². The molecule has 0 fully saturated rings. The maximum absolute atomic E-state index is 12.4. The summed E-state index contributed by atoms with van der Waals surface area (Å²) < 4.78 is 1.88. The number of carbonyl (C=O) groups excluding carboxylic acids is 1. The van der Waals surface area contributed by atoms with Crippen molar-refractivity contribution in [2.75, 3.05) is 0 Å². The summed E-state index contributed by atoms with van der Waals surface area (Å²) >= 11 is 0. The number of nitrogens with zero attached hydrogens (tertiary/aromatic N) is 2. The second-order valence-electron chi connectivity index (χ2n) is 5.44. The monoisotopic (exact) mass is 290 g/mol. The predicted octanol–water partition coefficient (Wildman–Crippen LogP) is 3.93. The Morgan fingerprint density at radius 2 is 1.50 bits per heavy atom. The fourth-order valence-electron chi connectivity index (χ4n) is 2.74. The second-order valence-corrected chi connectivity index (χ2v) is 5.44. The smallest absolute Gasteiger partial charge is 0.193 e. The molecule has 1 aromatic heterocycles. The average molecular weight is 290 g/mol. The molecule has 0 spiro atoms. The van der Waals surface area contributed by atoms with Gasteiger partial charge in [-0.3, -0.25) is 9.48 Å². The van der Waals surface area contributed by atoms with Crippen LogP contribution in [0.1, 0.15) is 27.3 Å². The summed E-state index contributed by atoms with van der Waals surface area (Å²) in [6.45, 7) is 4.06. The molecule has 0 bridgehead atoms. The van der Waals surface area contributed by atoms with E-state index in [0.717, 1.165) is 22.5 Å². The molecule has 0 N–H and O–H groups in total. The third-order valence-electron chi connectivity index (χ3n) is 3.98. The van der Waals surface area contributed by atoms with E-state index in [2.05, 4.69) is 12.0 Å². The first-order chi connectivity index (χ1) is 10.6.